The smallest absolute Gasteiger partial charge is 0.224 e. The van der Waals surface area contributed by atoms with E-state index in [9.17, 15) is 9.18 Å². The lowest BCUT2D eigenvalue weighted by Gasteiger charge is -2.28. The van der Waals surface area contributed by atoms with Crippen molar-refractivity contribution < 1.29 is 13.9 Å². The molecule has 1 aromatic heterocycles. The van der Waals surface area contributed by atoms with Crippen LogP contribution in [0.15, 0.2) is 48.8 Å². The normalized spacial score (nSPS) is 17.0. The third kappa shape index (κ3) is 5.61. The summed E-state index contributed by atoms with van der Waals surface area (Å²) in [7, 11) is 0. The zero-order valence-corrected chi connectivity index (χ0v) is 14.7. The molecule has 2 aromatic rings. The van der Waals surface area contributed by atoms with E-state index in [1.807, 2.05) is 17.0 Å². The van der Waals surface area contributed by atoms with Crippen molar-refractivity contribution in [2.24, 2.45) is 0 Å². The van der Waals surface area contributed by atoms with Crippen molar-refractivity contribution in [2.45, 2.75) is 25.4 Å². The highest BCUT2D eigenvalue weighted by Crippen LogP contribution is 2.11. The van der Waals surface area contributed by atoms with Crippen molar-refractivity contribution in [3.8, 4) is 0 Å². The standard InChI is InChI=1S/C20H24FN3O2/c21-18-5-3-16(4-6-18)7-10-24(14-17-2-1-8-22-13-17)20(25)12-19-15-26-11-9-23-19/h1-6,8,13,19,23H,7,9-12,14-15H2/t19-/m1/s1. The average Bonchev–Trinajstić information content (AvgIpc) is 2.68. The van der Waals surface area contributed by atoms with Crippen LogP contribution in [-0.4, -0.2) is 48.1 Å². The third-order valence-electron chi connectivity index (χ3n) is 4.45. The zero-order chi connectivity index (χ0) is 18.2. The van der Waals surface area contributed by atoms with Crippen LogP contribution in [0.4, 0.5) is 4.39 Å². The molecular formula is C20H24FN3O2. The number of hydrogen-bond donors (Lipinski definition) is 1. The lowest BCUT2D eigenvalue weighted by Crippen LogP contribution is -2.45. The molecular weight excluding hydrogens is 333 g/mol. The second-order valence-electron chi connectivity index (χ2n) is 6.48. The number of benzene rings is 1. The summed E-state index contributed by atoms with van der Waals surface area (Å²) in [5, 5.41) is 3.32. The van der Waals surface area contributed by atoms with Crippen molar-refractivity contribution in [3.63, 3.8) is 0 Å². The minimum Gasteiger partial charge on any atom is -0.378 e. The molecule has 0 saturated carbocycles. The van der Waals surface area contributed by atoms with Crippen LogP contribution in [0.1, 0.15) is 17.5 Å². The van der Waals surface area contributed by atoms with E-state index >= 15 is 0 Å². The number of aromatic nitrogens is 1. The molecule has 5 nitrogen and oxygen atoms in total. The Labute approximate surface area is 153 Å². The third-order valence-corrected chi connectivity index (χ3v) is 4.45. The zero-order valence-electron chi connectivity index (χ0n) is 14.7. The molecule has 26 heavy (non-hydrogen) atoms. The van der Waals surface area contributed by atoms with E-state index in [4.69, 9.17) is 4.74 Å². The maximum Gasteiger partial charge on any atom is 0.224 e. The molecule has 1 saturated heterocycles. The molecule has 1 N–H and O–H groups in total. The largest absolute Gasteiger partial charge is 0.378 e. The molecule has 138 valence electrons. The van der Waals surface area contributed by atoms with Gasteiger partial charge in [-0.25, -0.2) is 4.39 Å². The van der Waals surface area contributed by atoms with Crippen molar-refractivity contribution in [3.05, 3.63) is 65.7 Å². The highest BCUT2D eigenvalue weighted by atomic mass is 19.1. The van der Waals surface area contributed by atoms with Crippen LogP contribution in [-0.2, 0) is 22.5 Å². The highest BCUT2D eigenvalue weighted by Gasteiger charge is 2.21. The molecule has 0 bridgehead atoms. The number of morpholine rings is 1. The summed E-state index contributed by atoms with van der Waals surface area (Å²) in [6.07, 6.45) is 4.59. The highest BCUT2D eigenvalue weighted by molar-refractivity contribution is 5.77. The Morgan fingerprint density at radius 2 is 2.12 bits per heavy atom. The van der Waals surface area contributed by atoms with Gasteiger partial charge in [0.1, 0.15) is 5.82 Å². The molecule has 1 aliphatic heterocycles. The summed E-state index contributed by atoms with van der Waals surface area (Å²) in [6, 6.07) is 10.3. The first-order valence-electron chi connectivity index (χ1n) is 8.93. The van der Waals surface area contributed by atoms with E-state index in [-0.39, 0.29) is 17.8 Å². The Bertz CT molecular complexity index is 688. The van der Waals surface area contributed by atoms with E-state index in [1.165, 1.54) is 12.1 Å². The first kappa shape index (κ1) is 18.5. The number of rotatable bonds is 7. The summed E-state index contributed by atoms with van der Waals surface area (Å²) < 4.78 is 18.5. The van der Waals surface area contributed by atoms with Gasteiger partial charge in [0.25, 0.3) is 0 Å². The van der Waals surface area contributed by atoms with E-state index in [0.717, 1.165) is 17.7 Å². The van der Waals surface area contributed by atoms with E-state index in [2.05, 4.69) is 10.3 Å². The maximum absolute atomic E-state index is 13.1. The predicted molar refractivity (Wildman–Crippen MR) is 97.0 cm³/mol. The van der Waals surface area contributed by atoms with E-state index < -0.39 is 0 Å². The van der Waals surface area contributed by atoms with Crippen LogP contribution < -0.4 is 5.32 Å². The van der Waals surface area contributed by atoms with Gasteiger partial charge in [0.15, 0.2) is 0 Å². The van der Waals surface area contributed by atoms with Crippen molar-refractivity contribution in [1.82, 2.24) is 15.2 Å². The first-order valence-corrected chi connectivity index (χ1v) is 8.93. The van der Waals surface area contributed by atoms with Gasteiger partial charge in [-0.05, 0) is 35.7 Å². The molecule has 1 aliphatic rings. The molecule has 0 aliphatic carbocycles. The number of carbonyl (C=O) groups is 1. The predicted octanol–water partition coefficient (Wildman–Crippen LogP) is 2.17. The molecule has 1 aromatic carbocycles. The fourth-order valence-electron chi connectivity index (χ4n) is 3.01. The van der Waals surface area contributed by atoms with Gasteiger partial charge in [-0.2, -0.15) is 0 Å². The molecule has 0 unspecified atom stereocenters. The second-order valence-corrected chi connectivity index (χ2v) is 6.48. The molecule has 0 radical (unpaired) electrons. The lowest BCUT2D eigenvalue weighted by molar-refractivity contribution is -0.133. The SMILES string of the molecule is O=C(C[C@@H]1COCCN1)N(CCc1ccc(F)cc1)Cc1cccnc1. The minimum absolute atomic E-state index is 0.0541. The number of ether oxygens (including phenoxy) is 1. The number of nitrogens with zero attached hydrogens (tertiary/aromatic N) is 2. The first-order chi connectivity index (χ1) is 12.7. The Balaban J connectivity index is 1.63. The van der Waals surface area contributed by atoms with E-state index in [1.54, 1.807) is 24.5 Å². The van der Waals surface area contributed by atoms with Gasteiger partial charge in [-0.3, -0.25) is 9.78 Å². The summed E-state index contributed by atoms with van der Waals surface area (Å²) in [5.74, 6) is -0.167. The molecule has 3 rings (SSSR count). The maximum atomic E-state index is 13.1. The molecule has 0 spiro atoms. The van der Waals surface area contributed by atoms with Gasteiger partial charge in [0.05, 0.1) is 13.2 Å². The van der Waals surface area contributed by atoms with Gasteiger partial charge in [-0.15, -0.1) is 0 Å². The molecule has 2 heterocycles. The molecule has 6 heteroatoms. The van der Waals surface area contributed by atoms with Crippen LogP contribution >= 0.6 is 0 Å². The summed E-state index contributed by atoms with van der Waals surface area (Å²) in [4.78, 5) is 18.8. The van der Waals surface area contributed by atoms with Crippen LogP contribution in [0.5, 0.6) is 0 Å². The van der Waals surface area contributed by atoms with Gasteiger partial charge in [0.2, 0.25) is 5.91 Å². The van der Waals surface area contributed by atoms with Gasteiger partial charge in [0, 0.05) is 44.5 Å². The molecule has 1 atom stereocenters. The Hall–Kier alpha value is -2.31. The quantitative estimate of drug-likeness (QED) is 0.825. The van der Waals surface area contributed by atoms with Crippen LogP contribution in [0.25, 0.3) is 0 Å². The number of hydrogen-bond acceptors (Lipinski definition) is 4. The van der Waals surface area contributed by atoms with Gasteiger partial charge >= 0.3 is 0 Å². The fourth-order valence-corrected chi connectivity index (χ4v) is 3.01. The topological polar surface area (TPSA) is 54.5 Å². The molecule has 1 amide bonds. The van der Waals surface area contributed by atoms with Crippen LogP contribution in [0.2, 0.25) is 0 Å². The van der Waals surface area contributed by atoms with Crippen LogP contribution in [0, 0.1) is 5.82 Å². The number of carbonyl (C=O) groups excluding carboxylic acids is 1. The fraction of sp³-hybridized carbons (Fsp3) is 0.400. The number of nitrogens with one attached hydrogen (secondary N) is 1. The van der Waals surface area contributed by atoms with E-state index in [0.29, 0.717) is 39.1 Å². The number of amides is 1. The number of pyridine rings is 1. The molecule has 1 fully saturated rings. The van der Waals surface area contributed by atoms with Gasteiger partial charge in [-0.1, -0.05) is 18.2 Å². The van der Waals surface area contributed by atoms with Crippen molar-refractivity contribution >= 4 is 5.91 Å². The van der Waals surface area contributed by atoms with Gasteiger partial charge < -0.3 is 15.0 Å². The monoisotopic (exact) mass is 357 g/mol. The van der Waals surface area contributed by atoms with Crippen molar-refractivity contribution in [2.75, 3.05) is 26.3 Å². The Morgan fingerprint density at radius 3 is 2.81 bits per heavy atom. The Morgan fingerprint density at radius 1 is 1.27 bits per heavy atom. The minimum atomic E-state index is -0.250. The summed E-state index contributed by atoms with van der Waals surface area (Å²) >= 11 is 0. The van der Waals surface area contributed by atoms with Crippen LogP contribution in [0.3, 0.4) is 0 Å². The average molecular weight is 357 g/mol. The Kier molecular flexibility index (Phi) is 6.68. The second kappa shape index (κ2) is 9.40. The summed E-state index contributed by atoms with van der Waals surface area (Å²) in [5.41, 5.74) is 2.00. The summed E-state index contributed by atoms with van der Waals surface area (Å²) in [6.45, 7) is 3.11. The number of halogens is 1. The lowest BCUT2D eigenvalue weighted by atomic mass is 10.1. The van der Waals surface area contributed by atoms with Crippen molar-refractivity contribution in [1.29, 1.82) is 0 Å².